The Morgan fingerprint density at radius 1 is 1.17 bits per heavy atom. The summed E-state index contributed by atoms with van der Waals surface area (Å²) >= 11 is 12.0. The first kappa shape index (κ1) is 15.7. The molecule has 3 rings (SSSR count). The predicted molar refractivity (Wildman–Crippen MR) is 91.1 cm³/mol. The van der Waals surface area contributed by atoms with Gasteiger partial charge in [0, 0.05) is 17.9 Å². The number of benzene rings is 2. The normalized spacial score (nSPS) is 10.9. The van der Waals surface area contributed by atoms with Crippen molar-refractivity contribution in [2.75, 3.05) is 7.11 Å². The highest BCUT2D eigenvalue weighted by Gasteiger charge is 2.18. The average molecular weight is 350 g/mol. The van der Waals surface area contributed by atoms with Crippen molar-refractivity contribution in [1.29, 1.82) is 0 Å². The van der Waals surface area contributed by atoms with Crippen molar-refractivity contribution in [3.63, 3.8) is 0 Å². The van der Waals surface area contributed by atoms with Crippen LogP contribution in [0.3, 0.4) is 0 Å². The number of hydrogen-bond donors (Lipinski definition) is 2. The first-order chi connectivity index (χ1) is 11.0. The number of rotatable bonds is 4. The van der Waals surface area contributed by atoms with E-state index >= 15 is 0 Å². The van der Waals surface area contributed by atoms with E-state index in [1.165, 1.54) is 0 Å². The second kappa shape index (κ2) is 6.14. The van der Waals surface area contributed by atoms with E-state index in [4.69, 9.17) is 27.9 Å². The first-order valence-electron chi connectivity index (χ1n) is 6.85. The largest absolute Gasteiger partial charge is 0.497 e. The molecule has 23 heavy (non-hydrogen) atoms. The molecule has 6 heteroatoms. The van der Waals surface area contributed by atoms with Gasteiger partial charge in [0.25, 0.3) is 0 Å². The maximum atomic E-state index is 11.5. The predicted octanol–water partition coefficient (Wildman–Crippen LogP) is 4.77. The molecule has 0 amide bonds. The van der Waals surface area contributed by atoms with E-state index in [9.17, 15) is 9.90 Å². The number of nitrogens with one attached hydrogen (secondary N) is 1. The van der Waals surface area contributed by atoms with Gasteiger partial charge in [-0.05, 0) is 35.4 Å². The lowest BCUT2D eigenvalue weighted by Gasteiger charge is -2.05. The number of aromatic amines is 1. The van der Waals surface area contributed by atoms with Gasteiger partial charge in [0.05, 0.1) is 22.7 Å². The van der Waals surface area contributed by atoms with Gasteiger partial charge < -0.3 is 14.8 Å². The molecule has 0 aliphatic heterocycles. The van der Waals surface area contributed by atoms with Crippen LogP contribution in [-0.4, -0.2) is 23.2 Å². The zero-order chi connectivity index (χ0) is 16.6. The molecule has 3 aromatic rings. The van der Waals surface area contributed by atoms with Crippen LogP contribution in [0.2, 0.25) is 10.0 Å². The topological polar surface area (TPSA) is 62.3 Å². The van der Waals surface area contributed by atoms with Crippen molar-refractivity contribution in [3.8, 4) is 5.75 Å². The number of aromatic carboxylic acids is 1. The van der Waals surface area contributed by atoms with E-state index in [1.807, 2.05) is 12.1 Å². The second-order valence-electron chi connectivity index (χ2n) is 5.12. The molecule has 2 N–H and O–H groups in total. The van der Waals surface area contributed by atoms with Gasteiger partial charge in [-0.25, -0.2) is 4.79 Å². The van der Waals surface area contributed by atoms with Crippen molar-refractivity contribution >= 4 is 40.1 Å². The number of hydrogen-bond acceptors (Lipinski definition) is 2. The van der Waals surface area contributed by atoms with Gasteiger partial charge in [-0.3, -0.25) is 0 Å². The van der Waals surface area contributed by atoms with Crippen LogP contribution in [0.5, 0.6) is 5.75 Å². The molecular formula is C17H13Cl2NO3. The van der Waals surface area contributed by atoms with Crippen molar-refractivity contribution in [3.05, 3.63) is 63.3 Å². The van der Waals surface area contributed by atoms with Crippen LogP contribution in [-0.2, 0) is 6.42 Å². The van der Waals surface area contributed by atoms with Gasteiger partial charge in [0.2, 0.25) is 0 Å². The molecule has 0 fully saturated rings. The Hall–Kier alpha value is -2.17. The van der Waals surface area contributed by atoms with E-state index in [-0.39, 0.29) is 5.69 Å². The fourth-order valence-electron chi connectivity index (χ4n) is 2.58. The average Bonchev–Trinajstić information content (AvgIpc) is 2.89. The summed E-state index contributed by atoms with van der Waals surface area (Å²) in [4.78, 5) is 14.5. The lowest BCUT2D eigenvalue weighted by molar-refractivity contribution is 0.0690. The molecule has 0 bridgehead atoms. The third-order valence-electron chi connectivity index (χ3n) is 3.69. The maximum Gasteiger partial charge on any atom is 0.352 e. The van der Waals surface area contributed by atoms with E-state index in [2.05, 4.69) is 4.98 Å². The number of carboxylic acid groups (broad SMARTS) is 1. The molecule has 4 nitrogen and oxygen atoms in total. The van der Waals surface area contributed by atoms with Crippen LogP contribution in [0, 0.1) is 0 Å². The monoisotopic (exact) mass is 349 g/mol. The van der Waals surface area contributed by atoms with Crippen LogP contribution in [0.15, 0.2) is 36.4 Å². The van der Waals surface area contributed by atoms with E-state index in [1.54, 1.807) is 31.4 Å². The number of aromatic nitrogens is 1. The molecule has 1 aromatic heterocycles. The van der Waals surface area contributed by atoms with Gasteiger partial charge in [0.15, 0.2) is 0 Å². The molecule has 0 saturated carbocycles. The van der Waals surface area contributed by atoms with E-state index in [0.29, 0.717) is 27.8 Å². The third kappa shape index (κ3) is 3.00. The summed E-state index contributed by atoms with van der Waals surface area (Å²) in [5.74, 6) is -0.341. The summed E-state index contributed by atoms with van der Waals surface area (Å²) in [7, 11) is 1.57. The highest BCUT2D eigenvalue weighted by atomic mass is 35.5. The molecule has 118 valence electrons. The van der Waals surface area contributed by atoms with Gasteiger partial charge >= 0.3 is 5.97 Å². The summed E-state index contributed by atoms with van der Waals surface area (Å²) in [6, 6.07) is 10.7. The quantitative estimate of drug-likeness (QED) is 0.712. The number of carbonyl (C=O) groups is 1. The van der Waals surface area contributed by atoms with E-state index in [0.717, 1.165) is 16.5 Å². The molecule has 1 heterocycles. The van der Waals surface area contributed by atoms with Gasteiger partial charge in [0.1, 0.15) is 11.4 Å². The lowest BCUT2D eigenvalue weighted by Crippen LogP contribution is -2.02. The van der Waals surface area contributed by atoms with Crippen LogP contribution in [0.4, 0.5) is 0 Å². The Morgan fingerprint density at radius 2 is 1.96 bits per heavy atom. The number of carboxylic acids is 1. The molecule has 0 atom stereocenters. The van der Waals surface area contributed by atoms with E-state index < -0.39 is 5.97 Å². The first-order valence-corrected chi connectivity index (χ1v) is 7.61. The lowest BCUT2D eigenvalue weighted by atomic mass is 10.0. The second-order valence-corrected chi connectivity index (χ2v) is 5.93. The number of H-pyrrole nitrogens is 1. The van der Waals surface area contributed by atoms with Crippen LogP contribution in [0.1, 0.15) is 21.6 Å². The highest BCUT2D eigenvalue weighted by Crippen LogP contribution is 2.30. The Kier molecular flexibility index (Phi) is 4.20. The SMILES string of the molecule is COc1ccc2c(Cc3ccc(Cl)c(Cl)c3)c(C(=O)O)[nH]c2c1. The van der Waals surface area contributed by atoms with Crippen molar-refractivity contribution in [2.24, 2.45) is 0 Å². The number of halogens is 2. The number of fused-ring (bicyclic) bond motifs is 1. The van der Waals surface area contributed by atoms with Gasteiger partial charge in [-0.1, -0.05) is 29.3 Å². The standard InChI is InChI=1S/C17H13Cl2NO3/c1-23-10-3-4-11-12(16(17(21)22)20-15(11)8-10)6-9-2-5-13(18)14(19)7-9/h2-5,7-8,20H,6H2,1H3,(H,21,22). The Morgan fingerprint density at radius 3 is 2.61 bits per heavy atom. The Labute approximate surface area is 142 Å². The zero-order valence-electron chi connectivity index (χ0n) is 12.2. The summed E-state index contributed by atoms with van der Waals surface area (Å²) in [6.07, 6.45) is 0.435. The molecule has 0 radical (unpaired) electrons. The molecular weight excluding hydrogens is 337 g/mol. The van der Waals surface area contributed by atoms with Crippen molar-refractivity contribution in [2.45, 2.75) is 6.42 Å². The van der Waals surface area contributed by atoms with Crippen LogP contribution >= 0.6 is 23.2 Å². The minimum atomic E-state index is -1.00. The maximum absolute atomic E-state index is 11.5. The van der Waals surface area contributed by atoms with Crippen LogP contribution in [0.25, 0.3) is 10.9 Å². The molecule has 0 spiro atoms. The minimum Gasteiger partial charge on any atom is -0.497 e. The molecule has 0 saturated heterocycles. The minimum absolute atomic E-state index is 0.166. The van der Waals surface area contributed by atoms with Crippen LogP contribution < -0.4 is 4.74 Å². The van der Waals surface area contributed by atoms with Crippen molar-refractivity contribution < 1.29 is 14.6 Å². The summed E-state index contributed by atoms with van der Waals surface area (Å²) < 4.78 is 5.18. The smallest absolute Gasteiger partial charge is 0.352 e. The molecule has 0 aliphatic carbocycles. The number of ether oxygens (including phenoxy) is 1. The number of methoxy groups -OCH3 is 1. The van der Waals surface area contributed by atoms with Crippen molar-refractivity contribution in [1.82, 2.24) is 4.98 Å². The fraction of sp³-hybridized carbons (Fsp3) is 0.118. The molecule has 0 aliphatic rings. The molecule has 0 unspecified atom stereocenters. The zero-order valence-corrected chi connectivity index (χ0v) is 13.7. The highest BCUT2D eigenvalue weighted by molar-refractivity contribution is 6.42. The Balaban J connectivity index is 2.12. The summed E-state index contributed by atoms with van der Waals surface area (Å²) in [5, 5.41) is 11.2. The van der Waals surface area contributed by atoms with Gasteiger partial charge in [-0.15, -0.1) is 0 Å². The Bertz CT molecular complexity index is 902. The molecule has 2 aromatic carbocycles. The third-order valence-corrected chi connectivity index (χ3v) is 4.43. The summed E-state index contributed by atoms with van der Waals surface area (Å²) in [5.41, 5.74) is 2.48. The van der Waals surface area contributed by atoms with Gasteiger partial charge in [-0.2, -0.15) is 0 Å². The summed E-state index contributed by atoms with van der Waals surface area (Å²) in [6.45, 7) is 0. The fourth-order valence-corrected chi connectivity index (χ4v) is 2.90.